The molecule has 1 aromatic carbocycles. The molecule has 6 rings (SSSR count). The third-order valence-electron chi connectivity index (χ3n) is 10.4. The first-order valence-corrected chi connectivity index (χ1v) is 17.9. The van der Waals surface area contributed by atoms with Gasteiger partial charge in [-0.3, -0.25) is 4.99 Å². The fourth-order valence-corrected chi connectivity index (χ4v) is 8.29. The van der Waals surface area contributed by atoms with E-state index in [9.17, 15) is 14.0 Å². The molecule has 10 heteroatoms. The lowest BCUT2D eigenvalue weighted by molar-refractivity contribution is -0.00860. The van der Waals surface area contributed by atoms with Crippen molar-refractivity contribution in [2.45, 2.75) is 88.9 Å². The summed E-state index contributed by atoms with van der Waals surface area (Å²) in [5.41, 5.74) is 1.06. The number of fused-ring (bicyclic) bond motifs is 1. The summed E-state index contributed by atoms with van der Waals surface area (Å²) in [6.07, 6.45) is 14.0. The third-order valence-corrected chi connectivity index (χ3v) is 11.6. The van der Waals surface area contributed by atoms with E-state index in [1.54, 1.807) is 17.2 Å². The molecule has 0 spiro atoms. The molecule has 244 valence electrons. The Labute approximate surface area is 274 Å². The molecule has 0 bridgehead atoms. The largest absolute Gasteiger partial charge is 0.616 e. The smallest absolute Gasteiger partial charge is 0.227 e. The minimum Gasteiger partial charge on any atom is -0.616 e. The van der Waals surface area contributed by atoms with Gasteiger partial charge in [-0.15, -0.1) is 0 Å². The van der Waals surface area contributed by atoms with Gasteiger partial charge in [-0.25, -0.2) is 14.4 Å². The van der Waals surface area contributed by atoms with E-state index in [1.807, 2.05) is 31.5 Å². The number of nitrogens with one attached hydrogen (secondary N) is 1. The molecule has 0 unspecified atom stereocenters. The number of hydrogen-bond acceptors (Lipinski definition) is 8. The minimum absolute atomic E-state index is 0.0262. The molecule has 2 aliphatic heterocycles. The number of halogens is 1. The van der Waals surface area contributed by atoms with Crippen LogP contribution in [0, 0.1) is 0 Å². The molecule has 3 aliphatic rings. The van der Waals surface area contributed by atoms with Crippen LogP contribution in [0.4, 0.5) is 22.0 Å². The van der Waals surface area contributed by atoms with Crippen molar-refractivity contribution in [2.75, 3.05) is 34.8 Å². The number of aromatic nitrogens is 3. The summed E-state index contributed by atoms with van der Waals surface area (Å²) in [5, 5.41) is 15.7. The normalized spacial score (nSPS) is 26.5. The van der Waals surface area contributed by atoms with Crippen molar-refractivity contribution in [1.82, 2.24) is 15.0 Å². The standard InChI is InChI=1S/C36H45FN6O2S/c1-6-46(45)22-25-10-7-8-17-40-35(25,5)36(15-9-16-36)29-12-11-26(24(2)3)27-20-32(39-21-28(27)29)41-31-13-18-38-33(42-31)43-19-14-30(44)34(4,37)23-43/h7-8,10-13,17-18,20-21,24,30,44H,6,9,14-16,19,22-23H2,1-5H3,(H,38,39,41,42)/t30-,34+,35+,46+/m0/s1. The maximum absolute atomic E-state index is 14.9. The van der Waals surface area contributed by atoms with Crippen molar-refractivity contribution < 1.29 is 14.0 Å². The second-order valence-corrected chi connectivity index (χ2v) is 15.3. The number of rotatable bonds is 9. The van der Waals surface area contributed by atoms with Crippen LogP contribution >= 0.6 is 0 Å². The van der Waals surface area contributed by atoms with Gasteiger partial charge < -0.3 is 19.9 Å². The SMILES string of the molecule is CC[S@@+]([O-])CC1=CC=CC=N[C@@]1(C)C1(c2ccc(C(C)C)c3cc(Nc4ccnc(N5CC[C@H](O)[C@](C)(F)C5)n4)ncc23)CCC1. The Hall–Kier alpha value is -3.34. The zero-order chi connectivity index (χ0) is 32.7. The predicted molar refractivity (Wildman–Crippen MR) is 187 cm³/mol. The molecule has 3 aromatic rings. The van der Waals surface area contributed by atoms with Crippen molar-refractivity contribution >= 4 is 45.7 Å². The van der Waals surface area contributed by atoms with Crippen molar-refractivity contribution in [1.29, 1.82) is 0 Å². The topological polar surface area (TPSA) is 110 Å². The number of aliphatic hydroxyl groups excluding tert-OH is 1. The molecule has 8 nitrogen and oxygen atoms in total. The lowest BCUT2D eigenvalue weighted by Gasteiger charge is -2.54. The summed E-state index contributed by atoms with van der Waals surface area (Å²) in [4.78, 5) is 20.9. The van der Waals surface area contributed by atoms with Gasteiger partial charge in [-0.1, -0.05) is 44.6 Å². The summed E-state index contributed by atoms with van der Waals surface area (Å²) in [6, 6.07) is 8.41. The maximum atomic E-state index is 14.9. The van der Waals surface area contributed by atoms with Crippen molar-refractivity contribution in [3.8, 4) is 0 Å². The average Bonchev–Trinajstić information content (AvgIpc) is 3.19. The monoisotopic (exact) mass is 644 g/mol. The molecular weight excluding hydrogens is 600 g/mol. The zero-order valence-electron chi connectivity index (χ0n) is 27.5. The van der Waals surface area contributed by atoms with Gasteiger partial charge in [-0.2, -0.15) is 4.98 Å². The van der Waals surface area contributed by atoms with Crippen LogP contribution < -0.4 is 10.2 Å². The molecule has 2 aromatic heterocycles. The Morgan fingerprint density at radius 3 is 2.63 bits per heavy atom. The van der Waals surface area contributed by atoms with E-state index in [2.05, 4.69) is 60.3 Å². The number of allylic oxidation sites excluding steroid dienone is 3. The molecule has 0 radical (unpaired) electrons. The fraction of sp³-hybridized carbons (Fsp3) is 0.500. The quantitative estimate of drug-likeness (QED) is 0.249. The van der Waals surface area contributed by atoms with Gasteiger partial charge in [0.15, 0.2) is 5.67 Å². The molecular formula is C36H45FN6O2S. The second-order valence-electron chi connectivity index (χ2n) is 13.6. The van der Waals surface area contributed by atoms with Gasteiger partial charge in [0.1, 0.15) is 23.1 Å². The highest BCUT2D eigenvalue weighted by molar-refractivity contribution is 7.91. The van der Waals surface area contributed by atoms with Crippen LogP contribution in [0.2, 0.25) is 0 Å². The van der Waals surface area contributed by atoms with Crippen LogP contribution in [0.25, 0.3) is 10.8 Å². The van der Waals surface area contributed by atoms with E-state index >= 15 is 0 Å². The number of hydrogen-bond donors (Lipinski definition) is 2. The Balaban J connectivity index is 1.38. The number of pyridine rings is 1. The molecule has 4 atom stereocenters. The Morgan fingerprint density at radius 1 is 1.13 bits per heavy atom. The minimum atomic E-state index is -1.73. The number of anilines is 3. The fourth-order valence-electron chi connectivity index (χ4n) is 7.36. The summed E-state index contributed by atoms with van der Waals surface area (Å²) >= 11 is -0.956. The molecule has 46 heavy (non-hydrogen) atoms. The second kappa shape index (κ2) is 12.7. The van der Waals surface area contributed by atoms with Crippen LogP contribution in [0.1, 0.15) is 77.3 Å². The number of aliphatic hydroxyl groups is 1. The van der Waals surface area contributed by atoms with Gasteiger partial charge >= 0.3 is 0 Å². The summed E-state index contributed by atoms with van der Waals surface area (Å²) in [5.74, 6) is 3.05. The van der Waals surface area contributed by atoms with Crippen molar-refractivity contribution in [3.63, 3.8) is 0 Å². The molecule has 1 saturated carbocycles. The van der Waals surface area contributed by atoms with Gasteiger partial charge in [0, 0.05) is 41.5 Å². The van der Waals surface area contributed by atoms with Gasteiger partial charge in [0.25, 0.3) is 0 Å². The van der Waals surface area contributed by atoms with Crippen LogP contribution in [0.15, 0.2) is 65.5 Å². The Bertz CT molecular complexity index is 1690. The predicted octanol–water partition coefficient (Wildman–Crippen LogP) is 6.71. The Kier molecular flexibility index (Phi) is 8.99. The molecule has 0 amide bonds. The van der Waals surface area contributed by atoms with Crippen LogP contribution in [0.3, 0.4) is 0 Å². The molecule has 4 heterocycles. The molecule has 2 fully saturated rings. The average molecular weight is 645 g/mol. The Morgan fingerprint density at radius 2 is 1.93 bits per heavy atom. The third kappa shape index (κ3) is 5.84. The highest BCUT2D eigenvalue weighted by atomic mass is 32.2. The van der Waals surface area contributed by atoms with Crippen LogP contribution in [-0.2, 0) is 16.6 Å². The van der Waals surface area contributed by atoms with E-state index in [0.29, 0.717) is 42.1 Å². The van der Waals surface area contributed by atoms with E-state index in [4.69, 9.17) is 9.98 Å². The van der Waals surface area contributed by atoms with E-state index < -0.39 is 28.5 Å². The summed E-state index contributed by atoms with van der Waals surface area (Å²) in [7, 11) is 0. The first kappa shape index (κ1) is 32.6. The number of alkyl halides is 1. The van der Waals surface area contributed by atoms with E-state index in [1.165, 1.54) is 18.1 Å². The number of aliphatic imine (C=N–C) groups is 1. The highest BCUT2D eigenvalue weighted by Crippen LogP contribution is 2.57. The summed E-state index contributed by atoms with van der Waals surface area (Å²) in [6.45, 7) is 10.5. The van der Waals surface area contributed by atoms with Gasteiger partial charge in [0.05, 0.1) is 18.2 Å². The summed E-state index contributed by atoms with van der Waals surface area (Å²) < 4.78 is 27.8. The van der Waals surface area contributed by atoms with Gasteiger partial charge in [-0.05, 0) is 91.8 Å². The van der Waals surface area contributed by atoms with Crippen molar-refractivity contribution in [2.24, 2.45) is 4.99 Å². The van der Waals surface area contributed by atoms with Crippen LogP contribution in [0.5, 0.6) is 0 Å². The lowest BCUT2D eigenvalue weighted by atomic mass is 9.52. The molecule has 1 aliphatic carbocycles. The first-order chi connectivity index (χ1) is 22.0. The zero-order valence-corrected chi connectivity index (χ0v) is 28.3. The lowest BCUT2D eigenvalue weighted by Crippen LogP contribution is -2.55. The number of piperidine rings is 1. The number of benzene rings is 1. The molecule has 2 N–H and O–H groups in total. The van der Waals surface area contributed by atoms with Crippen molar-refractivity contribution in [3.05, 3.63) is 71.6 Å². The molecule has 1 saturated heterocycles. The first-order valence-electron chi connectivity index (χ1n) is 16.4. The van der Waals surface area contributed by atoms with Gasteiger partial charge in [0.2, 0.25) is 5.95 Å². The van der Waals surface area contributed by atoms with Crippen LogP contribution in [-0.4, -0.2) is 72.7 Å². The highest BCUT2D eigenvalue weighted by Gasteiger charge is 2.56. The van der Waals surface area contributed by atoms with E-state index in [-0.39, 0.29) is 17.9 Å². The number of nitrogens with zero attached hydrogens (tertiary/aromatic N) is 5. The van der Waals surface area contributed by atoms with E-state index in [0.717, 1.165) is 35.6 Å². The maximum Gasteiger partial charge on any atom is 0.227 e.